The summed E-state index contributed by atoms with van der Waals surface area (Å²) in [5.74, 6) is 0.627. The SMILES string of the molecule is O=c1ccc2ccc(OCc3ccc(Cl)nc3)cc2o1. The van der Waals surface area contributed by atoms with Gasteiger partial charge >= 0.3 is 5.63 Å². The smallest absolute Gasteiger partial charge is 0.336 e. The number of fused-ring (bicyclic) bond motifs is 1. The van der Waals surface area contributed by atoms with E-state index in [4.69, 9.17) is 20.8 Å². The summed E-state index contributed by atoms with van der Waals surface area (Å²) in [6, 6.07) is 12.0. The molecule has 0 fully saturated rings. The number of halogens is 1. The molecule has 0 amide bonds. The number of nitrogens with zero attached hydrogens (tertiary/aromatic N) is 1. The van der Waals surface area contributed by atoms with Gasteiger partial charge in [0.2, 0.25) is 0 Å². The summed E-state index contributed by atoms with van der Waals surface area (Å²) in [6.45, 7) is 0.368. The van der Waals surface area contributed by atoms with Gasteiger partial charge in [-0.25, -0.2) is 9.78 Å². The Hall–Kier alpha value is -2.33. The van der Waals surface area contributed by atoms with E-state index in [0.717, 1.165) is 10.9 Å². The summed E-state index contributed by atoms with van der Waals surface area (Å²) >= 11 is 5.72. The van der Waals surface area contributed by atoms with Gasteiger partial charge in [0.15, 0.2) is 0 Å². The monoisotopic (exact) mass is 287 g/mol. The lowest BCUT2D eigenvalue weighted by molar-refractivity contribution is 0.305. The summed E-state index contributed by atoms with van der Waals surface area (Å²) < 4.78 is 10.7. The van der Waals surface area contributed by atoms with E-state index >= 15 is 0 Å². The maximum Gasteiger partial charge on any atom is 0.336 e. The fraction of sp³-hybridized carbons (Fsp3) is 0.0667. The third-order valence-corrected chi connectivity index (χ3v) is 3.01. The van der Waals surface area contributed by atoms with Gasteiger partial charge in [-0.1, -0.05) is 17.7 Å². The molecule has 0 bridgehead atoms. The number of ether oxygens (including phenoxy) is 1. The summed E-state index contributed by atoms with van der Waals surface area (Å²) in [5.41, 5.74) is 1.03. The largest absolute Gasteiger partial charge is 0.489 e. The first-order valence-corrected chi connectivity index (χ1v) is 6.36. The van der Waals surface area contributed by atoms with Gasteiger partial charge in [-0.2, -0.15) is 0 Å². The van der Waals surface area contributed by atoms with Crippen LogP contribution in [-0.2, 0) is 6.61 Å². The quantitative estimate of drug-likeness (QED) is 0.547. The molecule has 4 nitrogen and oxygen atoms in total. The third kappa shape index (κ3) is 2.81. The van der Waals surface area contributed by atoms with Crippen molar-refractivity contribution in [3.63, 3.8) is 0 Å². The van der Waals surface area contributed by atoms with E-state index in [1.165, 1.54) is 6.07 Å². The van der Waals surface area contributed by atoms with E-state index in [0.29, 0.717) is 23.1 Å². The predicted molar refractivity (Wildman–Crippen MR) is 76.1 cm³/mol. The first kappa shape index (κ1) is 12.7. The molecule has 1 aromatic carbocycles. The molecule has 5 heteroatoms. The number of rotatable bonds is 3. The summed E-state index contributed by atoms with van der Waals surface area (Å²) in [7, 11) is 0. The first-order chi connectivity index (χ1) is 9.70. The van der Waals surface area contributed by atoms with E-state index in [2.05, 4.69) is 4.98 Å². The van der Waals surface area contributed by atoms with Crippen LogP contribution in [0.2, 0.25) is 5.15 Å². The lowest BCUT2D eigenvalue weighted by Gasteiger charge is -2.06. The minimum Gasteiger partial charge on any atom is -0.489 e. The number of hydrogen-bond acceptors (Lipinski definition) is 4. The van der Waals surface area contributed by atoms with E-state index < -0.39 is 0 Å². The van der Waals surface area contributed by atoms with Gasteiger partial charge in [-0.15, -0.1) is 0 Å². The lowest BCUT2D eigenvalue weighted by atomic mass is 10.2. The van der Waals surface area contributed by atoms with Crippen molar-refractivity contribution in [2.24, 2.45) is 0 Å². The molecule has 100 valence electrons. The number of benzene rings is 1. The van der Waals surface area contributed by atoms with Crippen molar-refractivity contribution in [1.82, 2.24) is 4.98 Å². The maximum atomic E-state index is 11.2. The summed E-state index contributed by atoms with van der Waals surface area (Å²) in [5, 5.41) is 1.30. The van der Waals surface area contributed by atoms with Gasteiger partial charge in [-0.05, 0) is 24.3 Å². The maximum absolute atomic E-state index is 11.2. The van der Waals surface area contributed by atoms with E-state index in [1.807, 2.05) is 18.2 Å². The zero-order valence-electron chi connectivity index (χ0n) is 10.4. The van der Waals surface area contributed by atoms with Gasteiger partial charge in [0.1, 0.15) is 23.1 Å². The van der Waals surface area contributed by atoms with Crippen LogP contribution < -0.4 is 10.4 Å². The Bertz CT molecular complexity index is 796. The highest BCUT2D eigenvalue weighted by Crippen LogP contribution is 2.20. The second kappa shape index (κ2) is 5.35. The Morgan fingerprint density at radius 2 is 2.00 bits per heavy atom. The van der Waals surface area contributed by atoms with Gasteiger partial charge in [0.25, 0.3) is 0 Å². The molecule has 0 spiro atoms. The molecule has 0 aliphatic heterocycles. The second-order valence-corrected chi connectivity index (χ2v) is 4.62. The first-order valence-electron chi connectivity index (χ1n) is 5.98. The average molecular weight is 288 g/mol. The Morgan fingerprint density at radius 3 is 2.80 bits per heavy atom. The van der Waals surface area contributed by atoms with Crippen LogP contribution in [0.15, 0.2) is 57.9 Å². The fourth-order valence-corrected chi connectivity index (χ4v) is 1.90. The highest BCUT2D eigenvalue weighted by Gasteiger charge is 2.01. The molecule has 2 aromatic heterocycles. The normalized spacial score (nSPS) is 10.7. The molecule has 20 heavy (non-hydrogen) atoms. The van der Waals surface area contributed by atoms with Crippen LogP contribution in [0, 0.1) is 0 Å². The molecule has 0 N–H and O–H groups in total. The average Bonchev–Trinajstić information content (AvgIpc) is 2.46. The van der Waals surface area contributed by atoms with Gasteiger partial charge < -0.3 is 9.15 Å². The topological polar surface area (TPSA) is 52.3 Å². The minimum absolute atomic E-state index is 0.368. The molecule has 0 saturated heterocycles. The fourth-order valence-electron chi connectivity index (χ4n) is 1.79. The van der Waals surface area contributed by atoms with Crippen LogP contribution in [0.1, 0.15) is 5.56 Å². The molecule has 0 aliphatic rings. The second-order valence-electron chi connectivity index (χ2n) is 4.23. The van der Waals surface area contributed by atoms with Crippen LogP contribution in [0.25, 0.3) is 11.0 Å². The van der Waals surface area contributed by atoms with Crippen LogP contribution in [0.4, 0.5) is 0 Å². The van der Waals surface area contributed by atoms with Crippen molar-refractivity contribution in [2.45, 2.75) is 6.61 Å². The number of hydrogen-bond donors (Lipinski definition) is 0. The Balaban J connectivity index is 1.80. The molecule has 0 radical (unpaired) electrons. The van der Waals surface area contributed by atoms with Gasteiger partial charge in [-0.3, -0.25) is 0 Å². The Morgan fingerprint density at radius 1 is 1.15 bits per heavy atom. The van der Waals surface area contributed by atoms with Crippen molar-refractivity contribution in [2.75, 3.05) is 0 Å². The van der Waals surface area contributed by atoms with Crippen molar-refractivity contribution < 1.29 is 9.15 Å². The molecule has 0 aliphatic carbocycles. The Kier molecular flexibility index (Phi) is 3.39. The number of aromatic nitrogens is 1. The third-order valence-electron chi connectivity index (χ3n) is 2.79. The predicted octanol–water partition coefficient (Wildman–Crippen LogP) is 3.42. The molecule has 3 rings (SSSR count). The molecule has 0 atom stereocenters. The van der Waals surface area contributed by atoms with Gasteiger partial charge in [0, 0.05) is 29.3 Å². The minimum atomic E-state index is -0.378. The number of pyridine rings is 1. The molecule has 2 heterocycles. The summed E-state index contributed by atoms with van der Waals surface area (Å²) in [4.78, 5) is 15.2. The molecule has 0 unspecified atom stereocenters. The standard InChI is InChI=1S/C15H10ClNO3/c16-14-5-1-10(8-17-14)9-19-12-4-2-11-3-6-15(18)20-13(11)7-12/h1-8H,9H2. The van der Waals surface area contributed by atoms with E-state index in [-0.39, 0.29) is 5.63 Å². The van der Waals surface area contributed by atoms with Crippen LogP contribution in [-0.4, -0.2) is 4.98 Å². The van der Waals surface area contributed by atoms with Crippen LogP contribution in [0.3, 0.4) is 0 Å². The molecular weight excluding hydrogens is 278 g/mol. The van der Waals surface area contributed by atoms with Gasteiger partial charge in [0.05, 0.1) is 0 Å². The van der Waals surface area contributed by atoms with Crippen molar-refractivity contribution in [3.8, 4) is 5.75 Å². The zero-order valence-corrected chi connectivity index (χ0v) is 11.1. The lowest BCUT2D eigenvalue weighted by Crippen LogP contribution is -1.97. The van der Waals surface area contributed by atoms with Crippen molar-refractivity contribution in [1.29, 1.82) is 0 Å². The summed E-state index contributed by atoms with van der Waals surface area (Å²) in [6.07, 6.45) is 1.66. The molecule has 0 saturated carbocycles. The Labute approximate surface area is 119 Å². The van der Waals surface area contributed by atoms with Crippen molar-refractivity contribution >= 4 is 22.6 Å². The van der Waals surface area contributed by atoms with Crippen LogP contribution >= 0.6 is 11.6 Å². The highest BCUT2D eigenvalue weighted by molar-refractivity contribution is 6.29. The molecular formula is C15H10ClNO3. The highest BCUT2D eigenvalue weighted by atomic mass is 35.5. The van der Waals surface area contributed by atoms with E-state index in [1.54, 1.807) is 24.4 Å². The molecule has 3 aromatic rings. The van der Waals surface area contributed by atoms with E-state index in [9.17, 15) is 4.79 Å². The van der Waals surface area contributed by atoms with Crippen molar-refractivity contribution in [3.05, 3.63) is 69.8 Å². The van der Waals surface area contributed by atoms with Crippen LogP contribution in [0.5, 0.6) is 5.75 Å². The zero-order chi connectivity index (χ0) is 13.9.